The smallest absolute Gasteiger partial charge is 0.241 e. The van der Waals surface area contributed by atoms with E-state index in [-0.39, 0.29) is 11.9 Å². The lowest BCUT2D eigenvalue weighted by molar-refractivity contribution is -0.121. The molecule has 3 nitrogen and oxygen atoms in total. The number of fused-ring (bicyclic) bond motifs is 1. The zero-order valence-corrected chi connectivity index (χ0v) is 14.1. The molecule has 0 saturated carbocycles. The van der Waals surface area contributed by atoms with Crippen LogP contribution in [0.1, 0.15) is 29.2 Å². The van der Waals surface area contributed by atoms with Crippen molar-refractivity contribution in [2.45, 2.75) is 39.8 Å². The fraction of sp³-hybridized carbons (Fsp3) is 0.350. The molecule has 1 aliphatic heterocycles. The van der Waals surface area contributed by atoms with Gasteiger partial charge in [0, 0.05) is 18.8 Å². The van der Waals surface area contributed by atoms with Crippen molar-refractivity contribution < 1.29 is 4.79 Å². The molecule has 0 bridgehead atoms. The van der Waals surface area contributed by atoms with E-state index in [9.17, 15) is 4.79 Å². The summed E-state index contributed by atoms with van der Waals surface area (Å²) in [6.45, 7) is 7.83. The summed E-state index contributed by atoms with van der Waals surface area (Å²) in [5.74, 6) is 0.0711. The quantitative estimate of drug-likeness (QED) is 0.938. The van der Waals surface area contributed by atoms with Gasteiger partial charge in [-0.2, -0.15) is 0 Å². The summed E-state index contributed by atoms with van der Waals surface area (Å²) in [6, 6.07) is 14.5. The molecule has 0 radical (unpaired) electrons. The largest absolute Gasteiger partial charge is 0.324 e. The Morgan fingerprint density at radius 2 is 1.70 bits per heavy atom. The maximum atomic E-state index is 12.7. The van der Waals surface area contributed by atoms with Crippen LogP contribution in [0.3, 0.4) is 0 Å². The number of hydrogen-bond donors (Lipinski definition) is 1. The topological polar surface area (TPSA) is 32.3 Å². The van der Waals surface area contributed by atoms with Crippen LogP contribution in [0.5, 0.6) is 0 Å². The number of carbonyl (C=O) groups is 1. The van der Waals surface area contributed by atoms with Gasteiger partial charge in [-0.1, -0.05) is 42.5 Å². The first kappa shape index (κ1) is 15.8. The molecule has 1 N–H and O–H groups in total. The van der Waals surface area contributed by atoms with E-state index in [1.165, 1.54) is 11.1 Å². The highest BCUT2D eigenvalue weighted by Crippen LogP contribution is 2.23. The van der Waals surface area contributed by atoms with E-state index >= 15 is 0 Å². The van der Waals surface area contributed by atoms with Crippen LogP contribution < -0.4 is 5.32 Å². The number of amides is 1. The van der Waals surface area contributed by atoms with Crippen molar-refractivity contribution in [3.8, 4) is 0 Å². The first-order valence-corrected chi connectivity index (χ1v) is 8.24. The Hall–Kier alpha value is -2.13. The second kappa shape index (κ2) is 6.55. The molecule has 2 aromatic carbocycles. The summed E-state index contributed by atoms with van der Waals surface area (Å²) < 4.78 is 0. The van der Waals surface area contributed by atoms with Crippen LogP contribution in [-0.4, -0.2) is 23.4 Å². The minimum atomic E-state index is -0.137. The van der Waals surface area contributed by atoms with Crippen LogP contribution in [0, 0.1) is 13.8 Å². The van der Waals surface area contributed by atoms with E-state index in [2.05, 4.69) is 34.5 Å². The lowest BCUT2D eigenvalue weighted by Crippen LogP contribution is -2.44. The summed E-state index contributed by atoms with van der Waals surface area (Å²) >= 11 is 0. The highest BCUT2D eigenvalue weighted by molar-refractivity contribution is 5.95. The zero-order chi connectivity index (χ0) is 16.4. The third kappa shape index (κ3) is 3.30. The number of hydrogen-bond acceptors (Lipinski definition) is 2. The maximum absolute atomic E-state index is 12.7. The molecular weight excluding hydrogens is 284 g/mol. The molecule has 120 valence electrons. The highest BCUT2D eigenvalue weighted by atomic mass is 16.2. The first-order valence-electron chi connectivity index (χ1n) is 8.24. The van der Waals surface area contributed by atoms with E-state index in [1.54, 1.807) is 0 Å². The van der Waals surface area contributed by atoms with Crippen molar-refractivity contribution in [3.63, 3.8) is 0 Å². The SMILES string of the molecule is Cc1cccc(C)c1NC(=O)C(C)N1CCc2ccccc2C1. The summed E-state index contributed by atoms with van der Waals surface area (Å²) in [7, 11) is 0. The van der Waals surface area contributed by atoms with Crippen LogP contribution in [0.2, 0.25) is 0 Å². The first-order chi connectivity index (χ1) is 11.1. The van der Waals surface area contributed by atoms with Gasteiger partial charge in [-0.05, 0) is 49.4 Å². The van der Waals surface area contributed by atoms with Gasteiger partial charge in [0.05, 0.1) is 6.04 Å². The van der Waals surface area contributed by atoms with Crippen LogP contribution in [0.4, 0.5) is 5.69 Å². The molecule has 0 spiro atoms. The molecule has 23 heavy (non-hydrogen) atoms. The Labute approximate surface area is 138 Å². The predicted octanol–water partition coefficient (Wildman–Crippen LogP) is 3.69. The fourth-order valence-electron chi connectivity index (χ4n) is 3.25. The molecule has 0 aromatic heterocycles. The van der Waals surface area contributed by atoms with Gasteiger partial charge in [-0.25, -0.2) is 0 Å². The van der Waals surface area contributed by atoms with Gasteiger partial charge in [0.2, 0.25) is 5.91 Å². The number of rotatable bonds is 3. The second-order valence-corrected chi connectivity index (χ2v) is 6.42. The maximum Gasteiger partial charge on any atom is 0.241 e. The van der Waals surface area contributed by atoms with E-state index in [1.807, 2.05) is 39.0 Å². The van der Waals surface area contributed by atoms with Gasteiger partial charge >= 0.3 is 0 Å². The standard InChI is InChI=1S/C20H24N2O/c1-14-7-6-8-15(2)19(14)21-20(23)16(3)22-12-11-17-9-4-5-10-18(17)13-22/h4-10,16H,11-13H2,1-3H3,(H,21,23). The third-order valence-corrected chi connectivity index (χ3v) is 4.82. The normalized spacial score (nSPS) is 15.8. The van der Waals surface area contributed by atoms with Crippen LogP contribution in [0.15, 0.2) is 42.5 Å². The molecule has 1 atom stereocenters. The minimum absolute atomic E-state index is 0.0711. The number of nitrogens with one attached hydrogen (secondary N) is 1. The van der Waals surface area contributed by atoms with Gasteiger partial charge in [-0.15, -0.1) is 0 Å². The van der Waals surface area contributed by atoms with Gasteiger partial charge < -0.3 is 5.32 Å². The van der Waals surface area contributed by atoms with Crippen molar-refractivity contribution >= 4 is 11.6 Å². The molecular formula is C20H24N2O. The fourth-order valence-corrected chi connectivity index (χ4v) is 3.25. The Kier molecular flexibility index (Phi) is 4.49. The number of nitrogens with zero attached hydrogens (tertiary/aromatic N) is 1. The summed E-state index contributed by atoms with van der Waals surface area (Å²) in [5.41, 5.74) is 5.91. The van der Waals surface area contributed by atoms with Crippen molar-refractivity contribution in [2.75, 3.05) is 11.9 Å². The number of anilines is 1. The molecule has 2 aromatic rings. The predicted molar refractivity (Wildman–Crippen MR) is 94.6 cm³/mol. The molecule has 1 heterocycles. The highest BCUT2D eigenvalue weighted by Gasteiger charge is 2.25. The van der Waals surface area contributed by atoms with E-state index < -0.39 is 0 Å². The molecule has 0 aliphatic carbocycles. The van der Waals surface area contributed by atoms with Crippen molar-refractivity contribution in [1.29, 1.82) is 0 Å². The Morgan fingerprint density at radius 3 is 2.39 bits per heavy atom. The Balaban J connectivity index is 1.71. The van der Waals surface area contributed by atoms with Gasteiger partial charge in [0.15, 0.2) is 0 Å². The summed E-state index contributed by atoms with van der Waals surface area (Å²) in [4.78, 5) is 14.9. The average molecular weight is 308 g/mol. The summed E-state index contributed by atoms with van der Waals surface area (Å²) in [5, 5.41) is 3.12. The second-order valence-electron chi connectivity index (χ2n) is 6.42. The van der Waals surface area contributed by atoms with E-state index in [0.717, 1.165) is 36.3 Å². The number of aryl methyl sites for hydroxylation is 2. The van der Waals surface area contributed by atoms with Crippen LogP contribution in [-0.2, 0) is 17.8 Å². The number of benzene rings is 2. The van der Waals surface area contributed by atoms with Gasteiger partial charge in [0.25, 0.3) is 0 Å². The van der Waals surface area contributed by atoms with E-state index in [0.29, 0.717) is 0 Å². The third-order valence-electron chi connectivity index (χ3n) is 4.82. The lowest BCUT2D eigenvalue weighted by Gasteiger charge is -2.33. The number of carbonyl (C=O) groups excluding carboxylic acids is 1. The molecule has 0 saturated heterocycles. The van der Waals surface area contributed by atoms with Gasteiger partial charge in [0.1, 0.15) is 0 Å². The van der Waals surface area contributed by atoms with Crippen molar-refractivity contribution in [3.05, 3.63) is 64.7 Å². The molecule has 3 heteroatoms. The molecule has 0 fully saturated rings. The monoisotopic (exact) mass is 308 g/mol. The molecule has 1 unspecified atom stereocenters. The van der Waals surface area contributed by atoms with Gasteiger partial charge in [-0.3, -0.25) is 9.69 Å². The molecule has 3 rings (SSSR count). The molecule has 1 amide bonds. The van der Waals surface area contributed by atoms with Crippen molar-refractivity contribution in [2.24, 2.45) is 0 Å². The van der Waals surface area contributed by atoms with Crippen LogP contribution >= 0.6 is 0 Å². The Morgan fingerprint density at radius 1 is 1.04 bits per heavy atom. The van der Waals surface area contributed by atoms with Crippen LogP contribution in [0.25, 0.3) is 0 Å². The summed E-state index contributed by atoms with van der Waals surface area (Å²) in [6.07, 6.45) is 1.01. The minimum Gasteiger partial charge on any atom is -0.324 e. The molecule has 1 aliphatic rings. The number of para-hydroxylation sites is 1. The Bertz CT molecular complexity index is 703. The van der Waals surface area contributed by atoms with E-state index in [4.69, 9.17) is 0 Å². The average Bonchev–Trinajstić information content (AvgIpc) is 2.57. The zero-order valence-electron chi connectivity index (χ0n) is 14.1. The van der Waals surface area contributed by atoms with Crippen molar-refractivity contribution in [1.82, 2.24) is 4.90 Å². The lowest BCUT2D eigenvalue weighted by atomic mass is 9.98.